The van der Waals surface area contributed by atoms with Crippen molar-refractivity contribution in [3.63, 3.8) is 0 Å². The first-order valence-electron chi connectivity index (χ1n) is 10.3. The van der Waals surface area contributed by atoms with Gasteiger partial charge in [-0.25, -0.2) is 0 Å². The van der Waals surface area contributed by atoms with E-state index in [0.29, 0.717) is 15.8 Å². The average molecular weight is 481 g/mol. The summed E-state index contributed by atoms with van der Waals surface area (Å²) in [6.45, 7) is 0.195. The summed E-state index contributed by atoms with van der Waals surface area (Å²) in [5.41, 5.74) is 2.01. The van der Waals surface area contributed by atoms with Crippen LogP contribution < -0.4 is 0 Å². The van der Waals surface area contributed by atoms with Crippen molar-refractivity contribution >= 4 is 52.2 Å². The minimum atomic E-state index is -0.557. The summed E-state index contributed by atoms with van der Waals surface area (Å²) in [6, 6.07) is 19.3. The number of likely N-dealkylation sites (N-methyl/N-ethyl adjacent to an activating group) is 1. The molecule has 3 rings (SSSR count). The fourth-order valence-electron chi connectivity index (χ4n) is 2.99. The van der Waals surface area contributed by atoms with Gasteiger partial charge in [-0.15, -0.1) is 0 Å². The molecular formula is C25H24N2O4S2. The van der Waals surface area contributed by atoms with Crippen LogP contribution in [0.5, 0.6) is 0 Å². The highest BCUT2D eigenvalue weighted by Gasteiger charge is 2.31. The number of hydrogen-bond acceptors (Lipinski definition) is 6. The van der Waals surface area contributed by atoms with E-state index in [0.717, 1.165) is 11.1 Å². The van der Waals surface area contributed by atoms with Gasteiger partial charge >= 0.3 is 5.97 Å². The van der Waals surface area contributed by atoms with Gasteiger partial charge in [0, 0.05) is 20.1 Å². The predicted molar refractivity (Wildman–Crippen MR) is 134 cm³/mol. The SMILES string of the molecule is CN(Cc1ccccc1)C(=O)COC(=O)CCN1C(=O)/C(=C\C=C\c2ccccc2)SC1=S. The van der Waals surface area contributed by atoms with Gasteiger partial charge in [0.1, 0.15) is 4.32 Å². The molecule has 1 fully saturated rings. The van der Waals surface area contributed by atoms with Crippen LogP contribution in [-0.2, 0) is 25.7 Å². The first-order valence-corrected chi connectivity index (χ1v) is 11.6. The summed E-state index contributed by atoms with van der Waals surface area (Å²) in [5.74, 6) is -1.10. The fourth-order valence-corrected chi connectivity index (χ4v) is 4.25. The van der Waals surface area contributed by atoms with Crippen molar-refractivity contribution in [2.75, 3.05) is 20.2 Å². The molecule has 2 amide bonds. The van der Waals surface area contributed by atoms with Gasteiger partial charge in [-0.05, 0) is 17.2 Å². The monoisotopic (exact) mass is 480 g/mol. The number of thioether (sulfide) groups is 1. The molecule has 0 spiro atoms. The molecule has 2 aromatic rings. The number of allylic oxidation sites excluding steroid dienone is 2. The number of rotatable bonds is 9. The summed E-state index contributed by atoms with van der Waals surface area (Å²) in [5, 5.41) is 0. The topological polar surface area (TPSA) is 66.9 Å². The lowest BCUT2D eigenvalue weighted by Gasteiger charge is -2.17. The van der Waals surface area contributed by atoms with Crippen LogP contribution in [0.3, 0.4) is 0 Å². The molecule has 0 atom stereocenters. The maximum atomic E-state index is 12.6. The molecule has 1 aliphatic heterocycles. The molecule has 8 heteroatoms. The van der Waals surface area contributed by atoms with Crippen LogP contribution in [-0.4, -0.2) is 52.1 Å². The number of carbonyl (C=O) groups is 3. The minimum absolute atomic E-state index is 0.0464. The van der Waals surface area contributed by atoms with Crippen LogP contribution in [0.4, 0.5) is 0 Å². The second-order valence-electron chi connectivity index (χ2n) is 7.27. The van der Waals surface area contributed by atoms with Gasteiger partial charge in [-0.2, -0.15) is 0 Å². The van der Waals surface area contributed by atoms with Gasteiger partial charge in [-0.1, -0.05) is 96.8 Å². The number of benzene rings is 2. The van der Waals surface area contributed by atoms with Gasteiger partial charge in [-0.3, -0.25) is 19.3 Å². The molecule has 1 aliphatic rings. The number of ether oxygens (including phenoxy) is 1. The molecule has 0 aromatic heterocycles. The third kappa shape index (κ3) is 7.40. The van der Waals surface area contributed by atoms with Crippen molar-refractivity contribution in [3.05, 3.63) is 88.8 Å². The molecule has 0 unspecified atom stereocenters. The molecule has 0 radical (unpaired) electrons. The first kappa shape index (κ1) is 24.4. The summed E-state index contributed by atoms with van der Waals surface area (Å²) >= 11 is 6.48. The van der Waals surface area contributed by atoms with E-state index in [9.17, 15) is 14.4 Å². The maximum Gasteiger partial charge on any atom is 0.308 e. The Morgan fingerprint density at radius 2 is 1.76 bits per heavy atom. The van der Waals surface area contributed by atoms with Crippen molar-refractivity contribution in [2.45, 2.75) is 13.0 Å². The lowest BCUT2D eigenvalue weighted by molar-refractivity contribution is -0.152. The van der Waals surface area contributed by atoms with E-state index >= 15 is 0 Å². The third-order valence-corrected chi connectivity index (χ3v) is 6.19. The van der Waals surface area contributed by atoms with Crippen molar-refractivity contribution in [3.8, 4) is 0 Å². The van der Waals surface area contributed by atoms with Crippen LogP contribution >= 0.6 is 24.0 Å². The highest BCUT2D eigenvalue weighted by molar-refractivity contribution is 8.26. The Morgan fingerprint density at radius 1 is 1.09 bits per heavy atom. The standard InChI is InChI=1S/C25H24N2O4S2/c1-26(17-20-11-6-3-7-12-20)22(28)18-31-23(29)15-16-27-24(30)21(33-25(27)32)14-8-13-19-9-4-2-5-10-19/h2-14H,15-18H2,1H3/b13-8+,21-14+. The smallest absolute Gasteiger partial charge is 0.308 e. The van der Waals surface area contributed by atoms with Gasteiger partial charge in [0.2, 0.25) is 0 Å². The lowest BCUT2D eigenvalue weighted by Crippen LogP contribution is -2.33. The number of amides is 2. The Morgan fingerprint density at radius 3 is 2.45 bits per heavy atom. The molecule has 2 aromatic carbocycles. The van der Waals surface area contributed by atoms with Gasteiger partial charge < -0.3 is 9.64 Å². The Kier molecular flexibility index (Phi) is 8.97. The summed E-state index contributed by atoms with van der Waals surface area (Å²) in [4.78, 5) is 40.3. The molecular weight excluding hydrogens is 456 g/mol. The second-order valence-corrected chi connectivity index (χ2v) is 8.95. The van der Waals surface area contributed by atoms with Gasteiger partial charge in [0.15, 0.2) is 6.61 Å². The Balaban J connectivity index is 1.43. The maximum absolute atomic E-state index is 12.6. The van der Waals surface area contributed by atoms with E-state index in [4.69, 9.17) is 17.0 Å². The van der Waals surface area contributed by atoms with Crippen LogP contribution in [0.2, 0.25) is 0 Å². The zero-order valence-electron chi connectivity index (χ0n) is 18.2. The Bertz CT molecular complexity index is 1070. The molecule has 0 saturated carbocycles. The number of hydrogen-bond donors (Lipinski definition) is 0. The fraction of sp³-hybridized carbons (Fsp3) is 0.200. The molecule has 33 heavy (non-hydrogen) atoms. The normalized spacial score (nSPS) is 14.8. The van der Waals surface area contributed by atoms with Crippen molar-refractivity contribution in [1.29, 1.82) is 0 Å². The molecule has 1 heterocycles. The highest BCUT2D eigenvalue weighted by Crippen LogP contribution is 2.31. The number of nitrogens with zero attached hydrogens (tertiary/aromatic N) is 2. The Hall–Kier alpha value is -3.23. The first-order chi connectivity index (χ1) is 15.9. The van der Waals surface area contributed by atoms with E-state index in [2.05, 4.69) is 0 Å². The average Bonchev–Trinajstić information content (AvgIpc) is 3.09. The molecule has 0 bridgehead atoms. The molecule has 170 valence electrons. The zero-order valence-corrected chi connectivity index (χ0v) is 19.8. The van der Waals surface area contributed by atoms with E-state index in [1.54, 1.807) is 19.2 Å². The predicted octanol–water partition coefficient (Wildman–Crippen LogP) is 4.04. The van der Waals surface area contributed by atoms with Crippen LogP contribution in [0.1, 0.15) is 17.5 Å². The van der Waals surface area contributed by atoms with E-state index in [-0.39, 0.29) is 31.4 Å². The van der Waals surface area contributed by atoms with E-state index < -0.39 is 5.97 Å². The molecule has 1 saturated heterocycles. The number of esters is 1. The number of carbonyl (C=O) groups excluding carboxylic acids is 3. The van der Waals surface area contributed by atoms with Gasteiger partial charge in [0.05, 0.1) is 11.3 Å². The molecule has 6 nitrogen and oxygen atoms in total. The lowest BCUT2D eigenvalue weighted by atomic mass is 10.2. The van der Waals surface area contributed by atoms with Crippen molar-refractivity contribution in [1.82, 2.24) is 9.80 Å². The summed E-state index contributed by atoms with van der Waals surface area (Å²) in [6.07, 6.45) is 5.37. The van der Waals surface area contributed by atoms with E-state index in [1.165, 1.54) is 21.6 Å². The van der Waals surface area contributed by atoms with Crippen LogP contribution in [0.15, 0.2) is 77.7 Å². The number of thiocarbonyl (C=S) groups is 1. The van der Waals surface area contributed by atoms with Gasteiger partial charge in [0.25, 0.3) is 11.8 Å². The zero-order chi connectivity index (χ0) is 23.6. The largest absolute Gasteiger partial charge is 0.456 e. The van der Waals surface area contributed by atoms with Crippen molar-refractivity contribution < 1.29 is 19.1 Å². The second kappa shape index (κ2) is 12.1. The van der Waals surface area contributed by atoms with Crippen molar-refractivity contribution in [2.24, 2.45) is 0 Å². The summed E-state index contributed by atoms with van der Waals surface area (Å²) in [7, 11) is 1.65. The molecule has 0 aliphatic carbocycles. The summed E-state index contributed by atoms with van der Waals surface area (Å²) < 4.78 is 5.48. The van der Waals surface area contributed by atoms with Crippen LogP contribution in [0.25, 0.3) is 6.08 Å². The van der Waals surface area contributed by atoms with E-state index in [1.807, 2.05) is 66.7 Å². The van der Waals surface area contributed by atoms with Crippen LogP contribution in [0, 0.1) is 0 Å². The third-order valence-electron chi connectivity index (χ3n) is 4.79. The molecule has 0 N–H and O–H groups in total. The quantitative estimate of drug-likeness (QED) is 0.307. The highest BCUT2D eigenvalue weighted by atomic mass is 32.2. The Labute approximate surface area is 202 Å². The minimum Gasteiger partial charge on any atom is -0.456 e.